The molecule has 8 heteroatoms. The minimum atomic E-state index is -0.874. The topological polar surface area (TPSA) is 104 Å². The number of hydrogen-bond donors (Lipinski definition) is 1. The standard InChI is InChI=1S/C13H9N3O5/c1-15-11(19)7-3-2-6(4-8(7)12(15)20)16-10(18)5-9(17)14-13(16)21/h2-4H,5H2,1H3,(H,14,17,21). The van der Waals surface area contributed by atoms with Crippen molar-refractivity contribution < 1.29 is 24.0 Å². The predicted octanol–water partition coefficient (Wildman–Crippen LogP) is -0.115. The average Bonchev–Trinajstić information content (AvgIpc) is 2.63. The van der Waals surface area contributed by atoms with Gasteiger partial charge in [0.05, 0.1) is 16.8 Å². The lowest BCUT2D eigenvalue weighted by atomic mass is 10.1. The number of carbonyl (C=O) groups excluding carboxylic acids is 5. The average molecular weight is 287 g/mol. The van der Waals surface area contributed by atoms with Crippen LogP contribution in [0.25, 0.3) is 0 Å². The van der Waals surface area contributed by atoms with E-state index in [0.717, 1.165) is 9.80 Å². The second-order valence-electron chi connectivity index (χ2n) is 4.66. The summed E-state index contributed by atoms with van der Waals surface area (Å²) in [6, 6.07) is 3.19. The van der Waals surface area contributed by atoms with E-state index in [-0.39, 0.29) is 16.8 Å². The zero-order chi connectivity index (χ0) is 15.3. The fourth-order valence-corrected chi connectivity index (χ4v) is 2.30. The van der Waals surface area contributed by atoms with Crippen LogP contribution in [0.4, 0.5) is 10.5 Å². The van der Waals surface area contributed by atoms with Crippen molar-refractivity contribution in [1.82, 2.24) is 10.2 Å². The number of amides is 6. The minimum absolute atomic E-state index is 0.123. The van der Waals surface area contributed by atoms with Gasteiger partial charge in [-0.2, -0.15) is 0 Å². The third-order valence-electron chi connectivity index (χ3n) is 3.34. The molecular formula is C13H9N3O5. The van der Waals surface area contributed by atoms with Gasteiger partial charge in [-0.1, -0.05) is 0 Å². The number of anilines is 1. The highest BCUT2D eigenvalue weighted by atomic mass is 16.2. The third kappa shape index (κ3) is 1.80. The number of benzene rings is 1. The Kier molecular flexibility index (Phi) is 2.62. The number of nitrogens with one attached hydrogen (secondary N) is 1. The second kappa shape index (κ2) is 4.23. The Labute approximate surface area is 118 Å². The van der Waals surface area contributed by atoms with Crippen LogP contribution in [0.15, 0.2) is 18.2 Å². The maximum Gasteiger partial charge on any atom is 0.335 e. The van der Waals surface area contributed by atoms with Crippen LogP contribution in [0.3, 0.4) is 0 Å². The highest BCUT2D eigenvalue weighted by molar-refractivity contribution is 6.27. The fraction of sp³-hybridized carbons (Fsp3) is 0.154. The molecule has 6 amide bonds. The molecule has 2 aliphatic heterocycles. The van der Waals surface area contributed by atoms with Gasteiger partial charge in [-0.25, -0.2) is 9.69 Å². The number of rotatable bonds is 1. The molecule has 0 aliphatic carbocycles. The van der Waals surface area contributed by atoms with E-state index in [1.165, 1.54) is 25.2 Å². The number of urea groups is 1. The molecule has 0 atom stereocenters. The van der Waals surface area contributed by atoms with E-state index < -0.39 is 36.1 Å². The summed E-state index contributed by atoms with van der Waals surface area (Å²) >= 11 is 0. The summed E-state index contributed by atoms with van der Waals surface area (Å²) in [5, 5.41) is 2.02. The van der Waals surface area contributed by atoms with Crippen LogP contribution in [-0.2, 0) is 9.59 Å². The lowest BCUT2D eigenvalue weighted by Crippen LogP contribution is -2.53. The summed E-state index contributed by atoms with van der Waals surface area (Å²) in [6.07, 6.45) is -0.449. The summed E-state index contributed by atoms with van der Waals surface area (Å²) in [5.41, 5.74) is 0.477. The molecule has 2 aliphatic rings. The molecule has 0 unspecified atom stereocenters. The Morgan fingerprint density at radius 2 is 1.67 bits per heavy atom. The normalized spacial score (nSPS) is 18.2. The predicted molar refractivity (Wildman–Crippen MR) is 68.5 cm³/mol. The van der Waals surface area contributed by atoms with Crippen LogP contribution in [0, 0.1) is 0 Å². The number of nitrogens with zero attached hydrogens (tertiary/aromatic N) is 2. The van der Waals surface area contributed by atoms with Gasteiger partial charge >= 0.3 is 6.03 Å². The molecule has 2 heterocycles. The van der Waals surface area contributed by atoms with Gasteiger partial charge in [0.2, 0.25) is 11.8 Å². The van der Waals surface area contributed by atoms with Crippen LogP contribution >= 0.6 is 0 Å². The van der Waals surface area contributed by atoms with Crippen molar-refractivity contribution in [2.75, 3.05) is 11.9 Å². The number of hydrogen-bond acceptors (Lipinski definition) is 5. The van der Waals surface area contributed by atoms with E-state index in [0.29, 0.717) is 0 Å². The van der Waals surface area contributed by atoms with Gasteiger partial charge in [0.25, 0.3) is 11.8 Å². The van der Waals surface area contributed by atoms with Gasteiger partial charge in [0, 0.05) is 7.05 Å². The van der Waals surface area contributed by atoms with Gasteiger partial charge in [-0.05, 0) is 18.2 Å². The first-order valence-electron chi connectivity index (χ1n) is 6.03. The largest absolute Gasteiger partial charge is 0.335 e. The van der Waals surface area contributed by atoms with E-state index in [1.54, 1.807) is 0 Å². The third-order valence-corrected chi connectivity index (χ3v) is 3.34. The van der Waals surface area contributed by atoms with Gasteiger partial charge in [0.15, 0.2) is 0 Å². The van der Waals surface area contributed by atoms with Crippen LogP contribution in [0.5, 0.6) is 0 Å². The molecule has 1 aromatic carbocycles. The monoisotopic (exact) mass is 287 g/mol. The Morgan fingerprint density at radius 1 is 1.00 bits per heavy atom. The fourth-order valence-electron chi connectivity index (χ4n) is 2.30. The molecule has 1 fully saturated rings. The van der Waals surface area contributed by atoms with E-state index in [1.807, 2.05) is 5.32 Å². The lowest BCUT2D eigenvalue weighted by Gasteiger charge is -2.24. The van der Waals surface area contributed by atoms with E-state index in [2.05, 4.69) is 0 Å². The van der Waals surface area contributed by atoms with Crippen LogP contribution in [-0.4, -0.2) is 41.6 Å². The zero-order valence-corrected chi connectivity index (χ0v) is 10.9. The summed E-state index contributed by atoms with van der Waals surface area (Å²) in [5.74, 6) is -2.30. The Balaban J connectivity index is 2.04. The van der Waals surface area contributed by atoms with E-state index >= 15 is 0 Å². The summed E-state index contributed by atoms with van der Waals surface area (Å²) in [4.78, 5) is 60.0. The van der Waals surface area contributed by atoms with Gasteiger partial charge in [-0.3, -0.25) is 29.4 Å². The first kappa shape index (κ1) is 13.0. The van der Waals surface area contributed by atoms with Crippen LogP contribution < -0.4 is 10.2 Å². The summed E-state index contributed by atoms with van der Waals surface area (Å²) in [7, 11) is 1.35. The Morgan fingerprint density at radius 3 is 2.33 bits per heavy atom. The lowest BCUT2D eigenvalue weighted by molar-refractivity contribution is -0.128. The molecule has 21 heavy (non-hydrogen) atoms. The zero-order valence-electron chi connectivity index (χ0n) is 10.9. The summed E-state index contributed by atoms with van der Waals surface area (Å²) < 4.78 is 0. The van der Waals surface area contributed by atoms with Crippen molar-refractivity contribution in [2.45, 2.75) is 6.42 Å². The Bertz CT molecular complexity index is 719. The van der Waals surface area contributed by atoms with Gasteiger partial charge < -0.3 is 0 Å². The molecule has 3 rings (SSSR count). The molecule has 106 valence electrons. The van der Waals surface area contributed by atoms with E-state index in [9.17, 15) is 24.0 Å². The molecule has 1 saturated heterocycles. The maximum absolute atomic E-state index is 11.9. The van der Waals surface area contributed by atoms with Crippen molar-refractivity contribution in [3.63, 3.8) is 0 Å². The van der Waals surface area contributed by atoms with Crippen LogP contribution in [0.2, 0.25) is 0 Å². The molecular weight excluding hydrogens is 278 g/mol. The van der Waals surface area contributed by atoms with Crippen molar-refractivity contribution in [2.24, 2.45) is 0 Å². The molecule has 1 aromatic rings. The molecule has 8 nitrogen and oxygen atoms in total. The molecule has 0 radical (unpaired) electrons. The molecule has 0 aromatic heterocycles. The number of carbonyl (C=O) groups is 5. The maximum atomic E-state index is 11.9. The number of imide groups is 3. The van der Waals surface area contributed by atoms with Crippen molar-refractivity contribution in [3.8, 4) is 0 Å². The highest BCUT2D eigenvalue weighted by Gasteiger charge is 2.36. The van der Waals surface area contributed by atoms with Crippen molar-refractivity contribution in [1.29, 1.82) is 0 Å². The molecule has 1 N–H and O–H groups in total. The molecule has 0 spiro atoms. The first-order chi connectivity index (χ1) is 9.90. The number of fused-ring (bicyclic) bond motifs is 1. The molecule has 0 saturated carbocycles. The number of barbiturate groups is 1. The second-order valence-corrected chi connectivity index (χ2v) is 4.66. The van der Waals surface area contributed by atoms with Gasteiger partial charge in [0.1, 0.15) is 6.42 Å². The smallest absolute Gasteiger partial charge is 0.277 e. The first-order valence-corrected chi connectivity index (χ1v) is 6.03. The quantitative estimate of drug-likeness (QED) is 0.573. The SMILES string of the molecule is CN1C(=O)c2ccc(N3C(=O)CC(=O)NC3=O)cc2C1=O. The van der Waals surface area contributed by atoms with Crippen molar-refractivity contribution in [3.05, 3.63) is 29.3 Å². The summed E-state index contributed by atoms with van der Waals surface area (Å²) in [6.45, 7) is 0. The van der Waals surface area contributed by atoms with Gasteiger partial charge in [-0.15, -0.1) is 0 Å². The minimum Gasteiger partial charge on any atom is -0.277 e. The molecule has 0 bridgehead atoms. The van der Waals surface area contributed by atoms with Crippen LogP contribution in [0.1, 0.15) is 27.1 Å². The van der Waals surface area contributed by atoms with E-state index in [4.69, 9.17) is 0 Å². The van der Waals surface area contributed by atoms with Crippen molar-refractivity contribution >= 4 is 35.3 Å². The highest BCUT2D eigenvalue weighted by Crippen LogP contribution is 2.27. The Hall–Kier alpha value is -3.03.